The van der Waals surface area contributed by atoms with Crippen molar-refractivity contribution in [3.63, 3.8) is 0 Å². The van der Waals surface area contributed by atoms with Crippen LogP contribution in [-0.4, -0.2) is 29.8 Å². The van der Waals surface area contributed by atoms with Gasteiger partial charge in [0.1, 0.15) is 0 Å². The zero-order chi connectivity index (χ0) is 13.1. The molecule has 1 aliphatic rings. The van der Waals surface area contributed by atoms with E-state index in [1.54, 1.807) is 0 Å². The highest BCUT2D eigenvalue weighted by atomic mass is 127. The Morgan fingerprint density at radius 3 is 2.94 bits per heavy atom. The summed E-state index contributed by atoms with van der Waals surface area (Å²) in [5.74, 6) is -0.876. The number of aliphatic carboxylic acids is 1. The van der Waals surface area contributed by atoms with E-state index >= 15 is 0 Å². The smallest absolute Gasteiger partial charge is 0.332 e. The third-order valence-electron chi connectivity index (χ3n) is 2.83. The van der Waals surface area contributed by atoms with Gasteiger partial charge in [0.05, 0.1) is 6.10 Å². The molecule has 1 fully saturated rings. The Morgan fingerprint density at radius 1 is 1.56 bits per heavy atom. The van der Waals surface area contributed by atoms with Gasteiger partial charge in [-0.15, -0.1) is 0 Å². The molecule has 98 valence electrons. The largest absolute Gasteiger partial charge is 0.479 e. The monoisotopic (exact) mass is 381 g/mol. The molecule has 0 amide bonds. The zero-order valence-corrected chi connectivity index (χ0v) is 12.4. The van der Waals surface area contributed by atoms with Crippen molar-refractivity contribution in [2.24, 2.45) is 0 Å². The first-order chi connectivity index (χ1) is 8.56. The van der Waals surface area contributed by atoms with E-state index in [2.05, 4.69) is 27.9 Å². The molecule has 0 aromatic heterocycles. The lowest BCUT2D eigenvalue weighted by Crippen LogP contribution is -2.24. The average Bonchev–Trinajstić information content (AvgIpc) is 2.76. The number of carboxylic acid groups (broad SMARTS) is 1. The minimum Gasteiger partial charge on any atom is -0.479 e. The third kappa shape index (κ3) is 3.49. The summed E-state index contributed by atoms with van der Waals surface area (Å²) < 4.78 is 6.45. The number of hydrogen-bond donors (Lipinski definition) is 2. The van der Waals surface area contributed by atoms with E-state index in [1.807, 2.05) is 18.2 Å². The normalized spacial score (nSPS) is 23.0. The maximum atomic E-state index is 10.8. The Bertz CT molecular complexity index is 455. The average molecular weight is 382 g/mol. The summed E-state index contributed by atoms with van der Waals surface area (Å²) in [6.07, 6.45) is 0.659. The minimum absolute atomic E-state index is 0.0439. The number of hydrogen-bond acceptors (Lipinski definition) is 3. The Balaban J connectivity index is 1.87. The number of carbonyl (C=O) groups is 1. The molecule has 0 bridgehead atoms. The van der Waals surface area contributed by atoms with Gasteiger partial charge in [-0.1, -0.05) is 11.6 Å². The van der Waals surface area contributed by atoms with E-state index in [0.717, 1.165) is 15.7 Å². The summed E-state index contributed by atoms with van der Waals surface area (Å²) in [7, 11) is 0. The zero-order valence-electron chi connectivity index (χ0n) is 9.53. The highest BCUT2D eigenvalue weighted by Gasteiger charge is 2.30. The van der Waals surface area contributed by atoms with Crippen LogP contribution in [0, 0.1) is 3.57 Å². The first kappa shape index (κ1) is 13.9. The Morgan fingerprint density at radius 2 is 2.33 bits per heavy atom. The van der Waals surface area contributed by atoms with Gasteiger partial charge in [0.2, 0.25) is 0 Å². The summed E-state index contributed by atoms with van der Waals surface area (Å²) >= 11 is 8.08. The van der Waals surface area contributed by atoms with Crippen LogP contribution in [0.3, 0.4) is 0 Å². The molecule has 2 atom stereocenters. The number of carboxylic acids is 1. The van der Waals surface area contributed by atoms with Crippen LogP contribution in [0.4, 0.5) is 5.69 Å². The van der Waals surface area contributed by atoms with Gasteiger partial charge in [-0.3, -0.25) is 0 Å². The van der Waals surface area contributed by atoms with Crippen molar-refractivity contribution in [3.8, 4) is 0 Å². The summed E-state index contributed by atoms with van der Waals surface area (Å²) in [4.78, 5) is 10.8. The first-order valence-electron chi connectivity index (χ1n) is 5.63. The van der Waals surface area contributed by atoms with Gasteiger partial charge >= 0.3 is 5.97 Å². The summed E-state index contributed by atoms with van der Waals surface area (Å²) in [6.45, 7) is 0.613. The maximum Gasteiger partial charge on any atom is 0.332 e. The van der Waals surface area contributed by atoms with E-state index in [1.165, 1.54) is 0 Å². The molecule has 0 radical (unpaired) electrons. The third-order valence-corrected chi connectivity index (χ3v) is 3.96. The van der Waals surface area contributed by atoms with Crippen molar-refractivity contribution in [2.75, 3.05) is 11.9 Å². The van der Waals surface area contributed by atoms with E-state index < -0.39 is 12.1 Å². The lowest BCUT2D eigenvalue weighted by atomic mass is 10.2. The Labute approximate surface area is 124 Å². The fraction of sp³-hybridized carbons (Fsp3) is 0.417. The second-order valence-corrected chi connectivity index (χ2v) is 5.77. The van der Waals surface area contributed by atoms with E-state index in [4.69, 9.17) is 21.4 Å². The lowest BCUT2D eigenvalue weighted by molar-refractivity contribution is -0.149. The van der Waals surface area contributed by atoms with Crippen LogP contribution in [0.5, 0.6) is 0 Å². The molecule has 1 saturated heterocycles. The molecule has 0 spiro atoms. The maximum absolute atomic E-state index is 10.8. The van der Waals surface area contributed by atoms with Gasteiger partial charge in [-0.2, -0.15) is 0 Å². The van der Waals surface area contributed by atoms with Crippen LogP contribution in [-0.2, 0) is 9.53 Å². The highest BCUT2D eigenvalue weighted by molar-refractivity contribution is 14.1. The van der Waals surface area contributed by atoms with Crippen molar-refractivity contribution >= 4 is 45.8 Å². The van der Waals surface area contributed by atoms with Crippen LogP contribution < -0.4 is 5.32 Å². The molecule has 0 saturated carbocycles. The molecule has 18 heavy (non-hydrogen) atoms. The highest BCUT2D eigenvalue weighted by Crippen LogP contribution is 2.24. The molecular weight excluding hydrogens is 368 g/mol. The number of halogens is 2. The number of rotatable bonds is 4. The van der Waals surface area contributed by atoms with Crippen molar-refractivity contribution in [1.82, 2.24) is 0 Å². The van der Waals surface area contributed by atoms with Crippen molar-refractivity contribution in [2.45, 2.75) is 25.0 Å². The Hall–Kier alpha value is -0.530. The molecule has 1 aromatic carbocycles. The molecule has 1 heterocycles. The van der Waals surface area contributed by atoms with Gasteiger partial charge in [0.15, 0.2) is 6.10 Å². The lowest BCUT2D eigenvalue weighted by Gasteiger charge is -2.14. The van der Waals surface area contributed by atoms with Gasteiger partial charge in [0, 0.05) is 20.8 Å². The predicted octanol–water partition coefficient (Wildman–Crippen LogP) is 2.99. The molecule has 0 aliphatic carbocycles. The molecule has 2 unspecified atom stereocenters. The van der Waals surface area contributed by atoms with Gasteiger partial charge < -0.3 is 15.2 Å². The second-order valence-electron chi connectivity index (χ2n) is 4.17. The van der Waals surface area contributed by atoms with Crippen LogP contribution >= 0.6 is 34.2 Å². The minimum atomic E-state index is -0.876. The van der Waals surface area contributed by atoms with Crippen molar-refractivity contribution in [1.29, 1.82) is 0 Å². The fourth-order valence-corrected chi connectivity index (χ4v) is 2.96. The predicted molar refractivity (Wildman–Crippen MR) is 78.2 cm³/mol. The second kappa shape index (κ2) is 6.08. The molecular formula is C12H13ClINO3. The Kier molecular flexibility index (Phi) is 4.69. The van der Waals surface area contributed by atoms with Crippen molar-refractivity contribution in [3.05, 3.63) is 26.8 Å². The first-order valence-corrected chi connectivity index (χ1v) is 7.09. The van der Waals surface area contributed by atoms with Crippen LogP contribution in [0.1, 0.15) is 12.8 Å². The number of nitrogens with one attached hydrogen (secondary N) is 1. The van der Waals surface area contributed by atoms with Crippen molar-refractivity contribution < 1.29 is 14.6 Å². The van der Waals surface area contributed by atoms with Gasteiger partial charge in [-0.25, -0.2) is 4.79 Å². The molecule has 2 N–H and O–H groups in total. The van der Waals surface area contributed by atoms with Crippen LogP contribution in [0.2, 0.25) is 5.02 Å². The van der Waals surface area contributed by atoms with E-state index in [0.29, 0.717) is 18.0 Å². The van der Waals surface area contributed by atoms with Gasteiger partial charge in [-0.05, 0) is 53.6 Å². The van der Waals surface area contributed by atoms with Gasteiger partial charge in [0.25, 0.3) is 0 Å². The molecule has 1 aliphatic heterocycles. The van der Waals surface area contributed by atoms with E-state index in [-0.39, 0.29) is 6.10 Å². The molecule has 4 nitrogen and oxygen atoms in total. The molecule has 2 rings (SSSR count). The number of ether oxygens (including phenoxy) is 1. The summed E-state index contributed by atoms with van der Waals surface area (Å²) in [5, 5.41) is 12.8. The standard InChI is InChI=1S/C12H13ClINO3/c13-7-1-3-10(9(14)5-7)15-6-8-2-4-11(18-8)12(16)17/h1,3,5,8,11,15H,2,4,6H2,(H,16,17). The number of benzene rings is 1. The van der Waals surface area contributed by atoms with Crippen LogP contribution in [0.25, 0.3) is 0 Å². The topological polar surface area (TPSA) is 58.6 Å². The summed E-state index contributed by atoms with van der Waals surface area (Å²) in [6, 6.07) is 5.61. The summed E-state index contributed by atoms with van der Waals surface area (Å²) in [5.41, 5.74) is 0.988. The fourth-order valence-electron chi connectivity index (χ4n) is 1.89. The molecule has 1 aromatic rings. The molecule has 6 heteroatoms. The van der Waals surface area contributed by atoms with E-state index in [9.17, 15) is 4.79 Å². The SMILES string of the molecule is O=C(O)C1CCC(CNc2ccc(Cl)cc2I)O1. The van der Waals surface area contributed by atoms with Crippen LogP contribution in [0.15, 0.2) is 18.2 Å². The quantitative estimate of drug-likeness (QED) is 0.787. The number of anilines is 1.